The Morgan fingerprint density at radius 1 is 0.970 bits per heavy atom. The van der Waals surface area contributed by atoms with Crippen LogP contribution in [0, 0.1) is 12.8 Å². The highest BCUT2D eigenvalue weighted by Gasteiger charge is 2.26. The van der Waals surface area contributed by atoms with Gasteiger partial charge in [-0.15, -0.1) is 0 Å². The molecular formula is C26H38N6O. The molecule has 0 aliphatic carbocycles. The van der Waals surface area contributed by atoms with E-state index in [1.165, 1.54) is 18.5 Å². The van der Waals surface area contributed by atoms with E-state index in [1.807, 2.05) is 12.4 Å². The summed E-state index contributed by atoms with van der Waals surface area (Å²) in [5.41, 5.74) is 3.40. The van der Waals surface area contributed by atoms with Crippen LogP contribution in [0.15, 0.2) is 36.7 Å². The Morgan fingerprint density at radius 3 is 2.27 bits per heavy atom. The van der Waals surface area contributed by atoms with E-state index in [1.54, 1.807) is 0 Å². The molecule has 0 atom stereocenters. The number of aromatic nitrogens is 2. The fourth-order valence-corrected chi connectivity index (χ4v) is 4.83. The van der Waals surface area contributed by atoms with Gasteiger partial charge in [-0.05, 0) is 38.3 Å². The zero-order chi connectivity index (χ0) is 23.0. The van der Waals surface area contributed by atoms with Crippen LogP contribution in [0.4, 0.5) is 5.95 Å². The molecule has 2 aliphatic heterocycles. The van der Waals surface area contributed by atoms with E-state index < -0.39 is 0 Å². The lowest BCUT2D eigenvalue weighted by Gasteiger charge is -2.34. The smallest absolute Gasteiger partial charge is 0.225 e. The van der Waals surface area contributed by atoms with Gasteiger partial charge in [-0.1, -0.05) is 36.8 Å². The zero-order valence-electron chi connectivity index (χ0n) is 20.2. The number of hydrogen-bond acceptors (Lipinski definition) is 6. The molecule has 0 radical (unpaired) electrons. The first-order chi connectivity index (χ1) is 16.1. The van der Waals surface area contributed by atoms with Gasteiger partial charge in [0.05, 0.1) is 0 Å². The highest BCUT2D eigenvalue weighted by Crippen LogP contribution is 2.23. The maximum absolute atomic E-state index is 12.7. The monoisotopic (exact) mass is 450 g/mol. The SMILES string of the molecule is CCCN1CCN(CCNC(=O)C2CCN(c3ncc(-c4cccc(C)c4)cn3)CC2)CC1. The van der Waals surface area contributed by atoms with E-state index in [-0.39, 0.29) is 11.8 Å². The molecule has 33 heavy (non-hydrogen) atoms. The minimum Gasteiger partial charge on any atom is -0.355 e. The van der Waals surface area contributed by atoms with Gasteiger partial charge in [0, 0.05) is 76.2 Å². The number of carbonyl (C=O) groups is 1. The predicted molar refractivity (Wildman–Crippen MR) is 133 cm³/mol. The summed E-state index contributed by atoms with van der Waals surface area (Å²) in [6.45, 7) is 13.4. The lowest BCUT2D eigenvalue weighted by molar-refractivity contribution is -0.125. The Morgan fingerprint density at radius 2 is 1.64 bits per heavy atom. The molecular weight excluding hydrogens is 412 g/mol. The van der Waals surface area contributed by atoms with E-state index in [4.69, 9.17) is 0 Å². The van der Waals surface area contributed by atoms with Crippen molar-refractivity contribution < 1.29 is 4.79 Å². The van der Waals surface area contributed by atoms with Gasteiger partial charge in [0.1, 0.15) is 0 Å². The number of anilines is 1. The fraction of sp³-hybridized carbons (Fsp3) is 0.577. The summed E-state index contributed by atoms with van der Waals surface area (Å²) >= 11 is 0. The van der Waals surface area contributed by atoms with Crippen LogP contribution in [0.1, 0.15) is 31.7 Å². The molecule has 0 bridgehead atoms. The molecule has 1 aromatic heterocycles. The average Bonchev–Trinajstić information content (AvgIpc) is 2.85. The van der Waals surface area contributed by atoms with Crippen molar-refractivity contribution >= 4 is 11.9 Å². The fourth-order valence-electron chi connectivity index (χ4n) is 4.83. The summed E-state index contributed by atoms with van der Waals surface area (Å²) in [6, 6.07) is 8.38. The molecule has 2 saturated heterocycles. The van der Waals surface area contributed by atoms with Crippen LogP contribution in [0.25, 0.3) is 11.1 Å². The van der Waals surface area contributed by atoms with Crippen molar-refractivity contribution in [3.63, 3.8) is 0 Å². The van der Waals surface area contributed by atoms with Crippen LogP contribution >= 0.6 is 0 Å². The van der Waals surface area contributed by atoms with Crippen molar-refractivity contribution in [3.8, 4) is 11.1 Å². The molecule has 178 valence electrons. The van der Waals surface area contributed by atoms with Crippen molar-refractivity contribution in [2.45, 2.75) is 33.1 Å². The number of amides is 1. The number of rotatable bonds is 8. The number of hydrogen-bond donors (Lipinski definition) is 1. The largest absolute Gasteiger partial charge is 0.355 e. The third kappa shape index (κ3) is 6.51. The van der Waals surface area contributed by atoms with E-state index in [2.05, 4.69) is 68.1 Å². The van der Waals surface area contributed by atoms with Gasteiger partial charge in [0.15, 0.2) is 0 Å². The summed E-state index contributed by atoms with van der Waals surface area (Å²) in [6.07, 6.45) is 6.73. The first kappa shape index (κ1) is 23.6. The van der Waals surface area contributed by atoms with Crippen molar-refractivity contribution in [1.82, 2.24) is 25.1 Å². The number of piperidine rings is 1. The minimum atomic E-state index is 0.0919. The van der Waals surface area contributed by atoms with Crippen LogP contribution in [0.2, 0.25) is 0 Å². The molecule has 3 heterocycles. The number of benzene rings is 1. The third-order valence-electron chi connectivity index (χ3n) is 6.87. The summed E-state index contributed by atoms with van der Waals surface area (Å²) < 4.78 is 0. The summed E-state index contributed by atoms with van der Waals surface area (Å²) in [4.78, 5) is 29.1. The summed E-state index contributed by atoms with van der Waals surface area (Å²) in [5.74, 6) is 1.05. The van der Waals surface area contributed by atoms with Crippen molar-refractivity contribution in [3.05, 3.63) is 42.2 Å². The Balaban J connectivity index is 1.18. The molecule has 2 fully saturated rings. The minimum absolute atomic E-state index is 0.0919. The molecule has 2 aromatic rings. The molecule has 1 aromatic carbocycles. The maximum atomic E-state index is 12.7. The molecule has 0 spiro atoms. The molecule has 7 nitrogen and oxygen atoms in total. The molecule has 4 rings (SSSR count). The number of nitrogens with zero attached hydrogens (tertiary/aromatic N) is 5. The van der Waals surface area contributed by atoms with Crippen LogP contribution in [-0.4, -0.2) is 84.6 Å². The summed E-state index contributed by atoms with van der Waals surface area (Å²) in [5, 5.41) is 3.18. The molecule has 0 unspecified atom stereocenters. The highest BCUT2D eigenvalue weighted by molar-refractivity contribution is 5.79. The molecule has 1 amide bonds. The first-order valence-electron chi connectivity index (χ1n) is 12.5. The highest BCUT2D eigenvalue weighted by atomic mass is 16.1. The standard InChI is InChI=1S/C26H38N6O/c1-3-10-30-14-16-31(17-15-30)13-9-27-25(33)22-7-11-32(12-8-22)26-28-19-24(20-29-26)23-6-4-5-21(2)18-23/h4-6,18-20,22H,3,7-17H2,1-2H3,(H,27,33). The van der Waals surface area contributed by atoms with Gasteiger partial charge >= 0.3 is 0 Å². The predicted octanol–water partition coefficient (Wildman–Crippen LogP) is 2.81. The number of aryl methyl sites for hydroxylation is 1. The Labute approximate surface area is 198 Å². The van der Waals surface area contributed by atoms with Gasteiger partial charge in [-0.25, -0.2) is 9.97 Å². The van der Waals surface area contributed by atoms with Gasteiger partial charge in [0.25, 0.3) is 0 Å². The Kier molecular flexibility index (Phi) is 8.29. The van der Waals surface area contributed by atoms with Gasteiger partial charge in [-0.3, -0.25) is 9.69 Å². The first-order valence-corrected chi connectivity index (χ1v) is 12.5. The van der Waals surface area contributed by atoms with E-state index in [0.717, 1.165) is 82.3 Å². The van der Waals surface area contributed by atoms with Gasteiger partial charge in [0.2, 0.25) is 11.9 Å². The average molecular weight is 451 g/mol. The summed E-state index contributed by atoms with van der Waals surface area (Å²) in [7, 11) is 0. The van der Waals surface area contributed by atoms with Crippen LogP contribution in [0.3, 0.4) is 0 Å². The second-order valence-electron chi connectivity index (χ2n) is 9.38. The van der Waals surface area contributed by atoms with Crippen LogP contribution < -0.4 is 10.2 Å². The second kappa shape index (κ2) is 11.6. The quantitative estimate of drug-likeness (QED) is 0.667. The second-order valence-corrected chi connectivity index (χ2v) is 9.38. The topological polar surface area (TPSA) is 64.6 Å². The van der Waals surface area contributed by atoms with Gasteiger partial charge in [-0.2, -0.15) is 0 Å². The van der Waals surface area contributed by atoms with Crippen molar-refractivity contribution in [2.24, 2.45) is 5.92 Å². The number of carbonyl (C=O) groups excluding carboxylic acids is 1. The van der Waals surface area contributed by atoms with Gasteiger partial charge < -0.3 is 15.1 Å². The number of nitrogens with one attached hydrogen (secondary N) is 1. The zero-order valence-corrected chi connectivity index (χ0v) is 20.2. The van der Waals surface area contributed by atoms with E-state index in [9.17, 15) is 4.79 Å². The molecule has 0 saturated carbocycles. The maximum Gasteiger partial charge on any atom is 0.225 e. The van der Waals surface area contributed by atoms with Crippen LogP contribution in [-0.2, 0) is 4.79 Å². The molecule has 7 heteroatoms. The number of piperazine rings is 1. The Bertz CT molecular complexity index is 886. The lowest BCUT2D eigenvalue weighted by atomic mass is 9.96. The van der Waals surface area contributed by atoms with Crippen molar-refractivity contribution in [1.29, 1.82) is 0 Å². The van der Waals surface area contributed by atoms with Crippen LogP contribution in [0.5, 0.6) is 0 Å². The van der Waals surface area contributed by atoms with Crippen molar-refractivity contribution in [2.75, 3.05) is 63.8 Å². The normalized spacial score (nSPS) is 18.4. The van der Waals surface area contributed by atoms with E-state index >= 15 is 0 Å². The van der Waals surface area contributed by atoms with E-state index in [0.29, 0.717) is 0 Å². The third-order valence-corrected chi connectivity index (χ3v) is 6.87. The lowest BCUT2D eigenvalue weighted by Crippen LogP contribution is -2.49. The molecule has 2 aliphatic rings. The Hall–Kier alpha value is -2.51. The molecule has 1 N–H and O–H groups in total.